The average Bonchev–Trinajstić information content (AvgIpc) is 2.84. The van der Waals surface area contributed by atoms with E-state index in [0.29, 0.717) is 11.2 Å². The molecule has 2 aliphatic heterocycles. The van der Waals surface area contributed by atoms with Crippen molar-refractivity contribution in [1.82, 2.24) is 10.6 Å². The standard InChI is InChI=1S/C11H20N2OS/c1-8-5-12-7-10(8)11(14)13-6-9-3-2-4-15-9/h8-10,12H,2-7H2,1H3,(H,13,14)/t8-,9?,10-/m1/s1. The topological polar surface area (TPSA) is 41.1 Å². The number of nitrogens with one attached hydrogen (secondary N) is 2. The predicted molar refractivity (Wildman–Crippen MR) is 64.0 cm³/mol. The summed E-state index contributed by atoms with van der Waals surface area (Å²) in [5.74, 6) is 2.19. The molecule has 4 heteroatoms. The van der Waals surface area contributed by atoms with Crippen LogP contribution in [-0.2, 0) is 4.79 Å². The summed E-state index contributed by atoms with van der Waals surface area (Å²) in [7, 11) is 0. The summed E-state index contributed by atoms with van der Waals surface area (Å²) in [6, 6.07) is 0. The lowest BCUT2D eigenvalue weighted by Gasteiger charge is -2.16. The number of hydrogen-bond acceptors (Lipinski definition) is 3. The Morgan fingerprint density at radius 3 is 3.00 bits per heavy atom. The van der Waals surface area contributed by atoms with Gasteiger partial charge in [-0.15, -0.1) is 0 Å². The highest BCUT2D eigenvalue weighted by atomic mass is 32.2. The van der Waals surface area contributed by atoms with Gasteiger partial charge in [-0.1, -0.05) is 6.92 Å². The molecule has 1 unspecified atom stereocenters. The van der Waals surface area contributed by atoms with Gasteiger partial charge in [0.15, 0.2) is 0 Å². The van der Waals surface area contributed by atoms with E-state index in [0.717, 1.165) is 19.6 Å². The maximum absolute atomic E-state index is 11.9. The first-order chi connectivity index (χ1) is 7.27. The zero-order valence-electron chi connectivity index (χ0n) is 9.29. The van der Waals surface area contributed by atoms with E-state index in [1.54, 1.807) is 0 Å². The molecule has 0 bridgehead atoms. The number of carbonyl (C=O) groups excluding carboxylic acids is 1. The number of rotatable bonds is 3. The minimum atomic E-state index is 0.191. The molecule has 2 rings (SSSR count). The lowest BCUT2D eigenvalue weighted by molar-refractivity contribution is -0.125. The van der Waals surface area contributed by atoms with Gasteiger partial charge < -0.3 is 10.6 Å². The van der Waals surface area contributed by atoms with Gasteiger partial charge in [0.25, 0.3) is 0 Å². The van der Waals surface area contributed by atoms with Crippen molar-refractivity contribution in [3.63, 3.8) is 0 Å². The van der Waals surface area contributed by atoms with Gasteiger partial charge in [0.05, 0.1) is 5.92 Å². The molecule has 0 aromatic heterocycles. The molecule has 2 saturated heterocycles. The van der Waals surface area contributed by atoms with Crippen molar-refractivity contribution in [2.75, 3.05) is 25.4 Å². The quantitative estimate of drug-likeness (QED) is 0.752. The molecule has 3 nitrogen and oxygen atoms in total. The molecule has 2 aliphatic rings. The molecule has 2 heterocycles. The highest BCUT2D eigenvalue weighted by Crippen LogP contribution is 2.25. The minimum Gasteiger partial charge on any atom is -0.355 e. The number of thioether (sulfide) groups is 1. The Morgan fingerprint density at radius 2 is 2.40 bits per heavy atom. The molecule has 2 fully saturated rings. The van der Waals surface area contributed by atoms with Gasteiger partial charge in [-0.2, -0.15) is 11.8 Å². The van der Waals surface area contributed by atoms with Gasteiger partial charge in [0.1, 0.15) is 0 Å². The molecule has 0 radical (unpaired) electrons. The normalized spacial score (nSPS) is 35.7. The van der Waals surface area contributed by atoms with Crippen LogP contribution in [0.2, 0.25) is 0 Å². The Labute approximate surface area is 95.8 Å². The van der Waals surface area contributed by atoms with E-state index < -0.39 is 0 Å². The van der Waals surface area contributed by atoms with E-state index in [-0.39, 0.29) is 11.8 Å². The molecule has 0 aromatic carbocycles. The molecular formula is C11H20N2OS. The van der Waals surface area contributed by atoms with E-state index in [9.17, 15) is 4.79 Å². The SMILES string of the molecule is C[C@@H]1CNC[C@H]1C(=O)NCC1CCCS1. The van der Waals surface area contributed by atoms with Gasteiger partial charge in [-0.05, 0) is 31.1 Å². The Bertz CT molecular complexity index is 229. The molecule has 15 heavy (non-hydrogen) atoms. The van der Waals surface area contributed by atoms with Crippen LogP contribution in [0, 0.1) is 11.8 Å². The Kier molecular flexibility index (Phi) is 3.92. The van der Waals surface area contributed by atoms with Gasteiger partial charge in [-0.25, -0.2) is 0 Å². The van der Waals surface area contributed by atoms with E-state index >= 15 is 0 Å². The van der Waals surface area contributed by atoms with Crippen LogP contribution in [-0.4, -0.2) is 36.5 Å². The maximum Gasteiger partial charge on any atom is 0.224 e. The third kappa shape index (κ3) is 2.88. The van der Waals surface area contributed by atoms with E-state index in [1.807, 2.05) is 11.8 Å². The second-order valence-electron chi connectivity index (χ2n) is 4.62. The van der Waals surface area contributed by atoms with E-state index in [1.165, 1.54) is 18.6 Å². The summed E-state index contributed by atoms with van der Waals surface area (Å²) in [4.78, 5) is 11.9. The first-order valence-corrected chi connectivity index (χ1v) is 6.92. The summed E-state index contributed by atoms with van der Waals surface area (Å²) in [5, 5.41) is 7.03. The van der Waals surface area contributed by atoms with Crippen LogP contribution < -0.4 is 10.6 Å². The van der Waals surface area contributed by atoms with Crippen molar-refractivity contribution in [2.45, 2.75) is 25.0 Å². The summed E-state index contributed by atoms with van der Waals surface area (Å²) in [6.45, 7) is 4.85. The maximum atomic E-state index is 11.9. The lowest BCUT2D eigenvalue weighted by Crippen LogP contribution is -2.37. The van der Waals surface area contributed by atoms with Gasteiger partial charge in [0, 0.05) is 18.3 Å². The zero-order valence-corrected chi connectivity index (χ0v) is 10.1. The molecule has 0 spiro atoms. The third-order valence-corrected chi connectivity index (χ3v) is 4.78. The van der Waals surface area contributed by atoms with Crippen molar-refractivity contribution in [3.05, 3.63) is 0 Å². The Morgan fingerprint density at radius 1 is 1.53 bits per heavy atom. The van der Waals surface area contributed by atoms with Crippen molar-refractivity contribution in [1.29, 1.82) is 0 Å². The predicted octanol–water partition coefficient (Wildman–Crippen LogP) is 0.854. The fourth-order valence-electron chi connectivity index (χ4n) is 2.31. The largest absolute Gasteiger partial charge is 0.355 e. The number of hydrogen-bond donors (Lipinski definition) is 2. The highest BCUT2D eigenvalue weighted by molar-refractivity contribution is 8.00. The first-order valence-electron chi connectivity index (χ1n) is 5.87. The van der Waals surface area contributed by atoms with Crippen LogP contribution in [0.25, 0.3) is 0 Å². The first kappa shape index (κ1) is 11.3. The molecule has 2 N–H and O–H groups in total. The van der Waals surface area contributed by atoms with Crippen LogP contribution in [0.4, 0.5) is 0 Å². The van der Waals surface area contributed by atoms with E-state index in [2.05, 4.69) is 17.6 Å². The molecule has 1 amide bonds. The fourth-order valence-corrected chi connectivity index (χ4v) is 3.51. The zero-order chi connectivity index (χ0) is 10.7. The average molecular weight is 228 g/mol. The highest BCUT2D eigenvalue weighted by Gasteiger charge is 2.29. The van der Waals surface area contributed by atoms with Crippen LogP contribution in [0.5, 0.6) is 0 Å². The second-order valence-corrected chi connectivity index (χ2v) is 6.03. The van der Waals surface area contributed by atoms with Crippen LogP contribution in [0.1, 0.15) is 19.8 Å². The van der Waals surface area contributed by atoms with Crippen molar-refractivity contribution in [2.24, 2.45) is 11.8 Å². The van der Waals surface area contributed by atoms with Crippen molar-refractivity contribution < 1.29 is 4.79 Å². The smallest absolute Gasteiger partial charge is 0.224 e. The summed E-state index contributed by atoms with van der Waals surface area (Å²) in [6.07, 6.45) is 2.58. The molecular weight excluding hydrogens is 208 g/mol. The Balaban J connectivity index is 1.71. The summed E-state index contributed by atoms with van der Waals surface area (Å²) >= 11 is 2.00. The molecule has 0 aliphatic carbocycles. The van der Waals surface area contributed by atoms with Gasteiger partial charge >= 0.3 is 0 Å². The lowest BCUT2D eigenvalue weighted by atomic mass is 9.97. The number of amides is 1. The summed E-state index contributed by atoms with van der Waals surface area (Å²) < 4.78 is 0. The third-order valence-electron chi connectivity index (χ3n) is 3.38. The van der Waals surface area contributed by atoms with Gasteiger partial charge in [-0.3, -0.25) is 4.79 Å². The fraction of sp³-hybridized carbons (Fsp3) is 0.909. The second kappa shape index (κ2) is 5.21. The molecule has 0 saturated carbocycles. The number of carbonyl (C=O) groups is 1. The minimum absolute atomic E-state index is 0.191. The van der Waals surface area contributed by atoms with Gasteiger partial charge in [0.2, 0.25) is 5.91 Å². The van der Waals surface area contributed by atoms with Crippen LogP contribution >= 0.6 is 11.8 Å². The Hall–Kier alpha value is -0.220. The van der Waals surface area contributed by atoms with Crippen LogP contribution in [0.3, 0.4) is 0 Å². The molecule has 3 atom stereocenters. The van der Waals surface area contributed by atoms with Crippen molar-refractivity contribution >= 4 is 17.7 Å². The summed E-state index contributed by atoms with van der Waals surface area (Å²) in [5.41, 5.74) is 0. The molecule has 0 aromatic rings. The monoisotopic (exact) mass is 228 g/mol. The molecule has 86 valence electrons. The van der Waals surface area contributed by atoms with Crippen molar-refractivity contribution in [3.8, 4) is 0 Å². The van der Waals surface area contributed by atoms with Crippen LogP contribution in [0.15, 0.2) is 0 Å². The van der Waals surface area contributed by atoms with E-state index in [4.69, 9.17) is 0 Å².